The van der Waals surface area contributed by atoms with Crippen molar-refractivity contribution in [2.45, 2.75) is 6.29 Å². The first-order valence-corrected chi connectivity index (χ1v) is 6.79. The molecule has 0 bridgehead atoms. The van der Waals surface area contributed by atoms with Crippen LogP contribution in [0.1, 0.15) is 5.56 Å². The minimum Gasteiger partial charge on any atom is -0.504 e. The Labute approximate surface area is 132 Å². The van der Waals surface area contributed by atoms with Gasteiger partial charge in [-0.3, -0.25) is 0 Å². The molecule has 6 nitrogen and oxygen atoms in total. The van der Waals surface area contributed by atoms with Crippen molar-refractivity contribution < 1.29 is 29.5 Å². The third-order valence-corrected chi connectivity index (χ3v) is 3.07. The largest absolute Gasteiger partial charge is 0.504 e. The fourth-order valence-corrected chi connectivity index (χ4v) is 1.87. The van der Waals surface area contributed by atoms with Crippen LogP contribution in [0, 0.1) is 0 Å². The zero-order valence-corrected chi connectivity index (χ0v) is 11.9. The number of aliphatic hydroxyl groups is 3. The summed E-state index contributed by atoms with van der Waals surface area (Å²) in [5.41, 5.74) is 0.518. The average molecular weight is 314 g/mol. The summed E-state index contributed by atoms with van der Waals surface area (Å²) in [6, 6.07) is 6.92. The van der Waals surface area contributed by atoms with Crippen molar-refractivity contribution in [1.29, 1.82) is 0 Å². The highest BCUT2D eigenvalue weighted by Gasteiger charge is 2.35. The van der Waals surface area contributed by atoms with Gasteiger partial charge >= 0.3 is 0 Å². The van der Waals surface area contributed by atoms with Crippen molar-refractivity contribution in [2.75, 3.05) is 0 Å². The number of rotatable bonds is 0. The van der Waals surface area contributed by atoms with Gasteiger partial charge < -0.3 is 29.5 Å². The van der Waals surface area contributed by atoms with Gasteiger partial charge in [0.15, 0.2) is 23.0 Å². The number of ether oxygens (including phenoxy) is 3. The third kappa shape index (κ3) is 3.49. The van der Waals surface area contributed by atoms with Crippen molar-refractivity contribution >= 4 is 6.08 Å². The minimum atomic E-state index is -0.681. The molecule has 2 aliphatic heterocycles. The Hall–Kier alpha value is -3.28. The molecule has 3 N–H and O–H groups in total. The summed E-state index contributed by atoms with van der Waals surface area (Å²) in [6.07, 6.45) is 7.68. The van der Waals surface area contributed by atoms with Crippen molar-refractivity contribution in [3.8, 4) is 5.75 Å². The van der Waals surface area contributed by atoms with Crippen molar-refractivity contribution in [3.63, 3.8) is 0 Å². The van der Waals surface area contributed by atoms with E-state index in [4.69, 9.17) is 14.2 Å². The van der Waals surface area contributed by atoms with E-state index in [0.29, 0.717) is 17.1 Å². The molecule has 2 heterocycles. The molecule has 1 aromatic carbocycles. The molecular formula is C17H14O6. The summed E-state index contributed by atoms with van der Waals surface area (Å²) in [7, 11) is 0. The maximum Gasteiger partial charge on any atom is 0.299 e. The summed E-state index contributed by atoms with van der Waals surface area (Å²) in [5.74, 6) is -0.632. The van der Waals surface area contributed by atoms with Gasteiger partial charge in [0.05, 0.1) is 12.5 Å². The predicted molar refractivity (Wildman–Crippen MR) is 82.3 cm³/mol. The highest BCUT2D eigenvalue weighted by molar-refractivity contribution is 5.61. The molecule has 1 saturated heterocycles. The maximum absolute atomic E-state index is 9.94. The highest BCUT2D eigenvalue weighted by Crippen LogP contribution is 2.32. The standard InChI is InChI=1S/C17H14O6/c18-12-7-9-21-8-3-6-15-17(23-15)22-14-5-2-1-4-11(14)10-13(19)16(12)20/h1-10,17-20H/b8-3-,9-7-,13-10+,15-6+,16-12-. The summed E-state index contributed by atoms with van der Waals surface area (Å²) >= 11 is 0. The number of hydrogen-bond acceptors (Lipinski definition) is 6. The highest BCUT2D eigenvalue weighted by atomic mass is 16.8. The quantitative estimate of drug-likeness (QED) is 0.634. The SMILES string of the molecule is OC1=C(O)/C(O)=C\c2ccccc2OC2O/C2=C/C=C\O/C=C\1. The van der Waals surface area contributed by atoms with E-state index in [1.54, 1.807) is 36.4 Å². The molecular weight excluding hydrogens is 300 g/mol. The predicted octanol–water partition coefficient (Wildman–Crippen LogP) is 3.59. The maximum atomic E-state index is 9.94. The first kappa shape index (κ1) is 14.6. The number of allylic oxidation sites excluding steroid dienone is 3. The van der Waals surface area contributed by atoms with E-state index in [0.717, 1.165) is 12.3 Å². The molecule has 2 aliphatic rings. The number of benzene rings is 1. The van der Waals surface area contributed by atoms with Crippen LogP contribution in [0.3, 0.4) is 0 Å². The molecule has 0 aromatic heterocycles. The third-order valence-electron chi connectivity index (χ3n) is 3.07. The van der Waals surface area contributed by atoms with E-state index in [2.05, 4.69) is 0 Å². The lowest BCUT2D eigenvalue weighted by molar-refractivity contribution is 0.179. The number of hydrogen-bond donors (Lipinski definition) is 3. The molecule has 1 unspecified atom stereocenters. The smallest absolute Gasteiger partial charge is 0.299 e. The van der Waals surface area contributed by atoms with Gasteiger partial charge in [-0.05, 0) is 24.3 Å². The van der Waals surface area contributed by atoms with Gasteiger partial charge in [0.1, 0.15) is 5.75 Å². The fourth-order valence-electron chi connectivity index (χ4n) is 1.87. The van der Waals surface area contributed by atoms with E-state index in [1.807, 2.05) is 0 Å². The summed E-state index contributed by atoms with van der Waals surface area (Å²) in [5, 5.41) is 29.4. The van der Waals surface area contributed by atoms with Gasteiger partial charge in [0.25, 0.3) is 6.29 Å². The monoisotopic (exact) mass is 314 g/mol. The number of epoxide rings is 1. The molecule has 6 heteroatoms. The first-order valence-electron chi connectivity index (χ1n) is 6.79. The van der Waals surface area contributed by atoms with Crippen LogP contribution in [0.2, 0.25) is 0 Å². The molecule has 23 heavy (non-hydrogen) atoms. The van der Waals surface area contributed by atoms with Crippen LogP contribution >= 0.6 is 0 Å². The van der Waals surface area contributed by atoms with Gasteiger partial charge in [-0.2, -0.15) is 0 Å². The zero-order valence-electron chi connectivity index (χ0n) is 11.9. The Morgan fingerprint density at radius 2 is 1.78 bits per heavy atom. The van der Waals surface area contributed by atoms with Crippen LogP contribution in [-0.2, 0) is 9.47 Å². The second-order valence-electron chi connectivity index (χ2n) is 4.71. The Morgan fingerprint density at radius 3 is 2.65 bits per heavy atom. The van der Waals surface area contributed by atoms with E-state index >= 15 is 0 Å². The zero-order chi connectivity index (χ0) is 16.2. The molecule has 3 rings (SSSR count). The van der Waals surface area contributed by atoms with Crippen LogP contribution in [0.15, 0.2) is 78.1 Å². The molecule has 0 radical (unpaired) electrons. The van der Waals surface area contributed by atoms with Gasteiger partial charge in [-0.1, -0.05) is 18.2 Å². The molecule has 1 aromatic rings. The first-order chi connectivity index (χ1) is 11.1. The molecule has 0 spiro atoms. The van der Waals surface area contributed by atoms with Crippen molar-refractivity contribution in [3.05, 3.63) is 83.6 Å². The topological polar surface area (TPSA) is 91.7 Å². The second-order valence-corrected chi connectivity index (χ2v) is 4.71. The lowest BCUT2D eigenvalue weighted by atomic mass is 10.1. The molecule has 118 valence electrons. The summed E-state index contributed by atoms with van der Waals surface area (Å²) < 4.78 is 15.9. The van der Waals surface area contributed by atoms with E-state index in [-0.39, 0.29) is 0 Å². The fraction of sp³-hybridized carbons (Fsp3) is 0.0588. The molecule has 1 fully saturated rings. The van der Waals surface area contributed by atoms with Crippen LogP contribution < -0.4 is 4.74 Å². The summed E-state index contributed by atoms with van der Waals surface area (Å²) in [6.45, 7) is 0. The number of fused-ring (bicyclic) bond motifs is 2. The molecule has 1 atom stereocenters. The van der Waals surface area contributed by atoms with Crippen LogP contribution in [0.5, 0.6) is 5.75 Å². The van der Waals surface area contributed by atoms with Gasteiger partial charge in [-0.15, -0.1) is 0 Å². The van der Waals surface area contributed by atoms with Gasteiger partial charge in [-0.25, -0.2) is 0 Å². The normalized spacial score (nSPS) is 30.9. The lowest BCUT2D eigenvalue weighted by Gasteiger charge is -2.06. The second kappa shape index (κ2) is 6.23. The Balaban J connectivity index is 2.01. The average Bonchev–Trinajstić information content (AvgIpc) is 3.28. The van der Waals surface area contributed by atoms with E-state index in [1.165, 1.54) is 12.3 Å². The van der Waals surface area contributed by atoms with Crippen molar-refractivity contribution in [2.24, 2.45) is 0 Å². The van der Waals surface area contributed by atoms with E-state index < -0.39 is 23.6 Å². The molecule has 0 saturated carbocycles. The Bertz CT molecular complexity index is 754. The molecule has 0 amide bonds. The Morgan fingerprint density at radius 1 is 0.957 bits per heavy atom. The van der Waals surface area contributed by atoms with Crippen LogP contribution in [0.25, 0.3) is 6.08 Å². The number of aliphatic hydroxyl groups excluding tert-OH is 3. The van der Waals surface area contributed by atoms with Gasteiger partial charge in [0, 0.05) is 11.6 Å². The minimum absolute atomic E-state index is 0.463. The van der Waals surface area contributed by atoms with E-state index in [9.17, 15) is 15.3 Å². The Kier molecular flexibility index (Phi) is 3.97. The van der Waals surface area contributed by atoms with Crippen molar-refractivity contribution in [1.82, 2.24) is 0 Å². The lowest BCUT2D eigenvalue weighted by Crippen LogP contribution is -1.99. The summed E-state index contributed by atoms with van der Waals surface area (Å²) in [4.78, 5) is 0. The number of para-hydroxylation sites is 1. The van der Waals surface area contributed by atoms with Gasteiger partial charge in [0.2, 0.25) is 0 Å². The van der Waals surface area contributed by atoms with Crippen LogP contribution in [0.4, 0.5) is 0 Å². The molecule has 0 aliphatic carbocycles. The van der Waals surface area contributed by atoms with Crippen LogP contribution in [-0.4, -0.2) is 21.6 Å².